The topological polar surface area (TPSA) is 65.9 Å². The summed E-state index contributed by atoms with van der Waals surface area (Å²) in [5.41, 5.74) is 7.01. The largest absolute Gasteiger partial charge is 0.395 e. The van der Waals surface area contributed by atoms with E-state index in [0.29, 0.717) is 17.3 Å². The van der Waals surface area contributed by atoms with Crippen molar-refractivity contribution in [2.24, 2.45) is 5.92 Å². The lowest BCUT2D eigenvalue weighted by Crippen LogP contribution is -2.35. The van der Waals surface area contributed by atoms with Crippen LogP contribution in [0.5, 0.6) is 0 Å². The lowest BCUT2D eigenvalue weighted by atomic mass is 9.87. The summed E-state index contributed by atoms with van der Waals surface area (Å²) in [4.78, 5) is 6.47. The van der Waals surface area contributed by atoms with Crippen LogP contribution in [0.15, 0.2) is 12.3 Å². The number of anilines is 2. The molecular weight excluding hydrogens is 224 g/mol. The third-order valence-corrected chi connectivity index (χ3v) is 3.96. The van der Waals surface area contributed by atoms with Gasteiger partial charge in [-0.25, -0.2) is 4.98 Å². The van der Waals surface area contributed by atoms with Crippen molar-refractivity contribution in [2.75, 3.05) is 17.7 Å². The van der Waals surface area contributed by atoms with Crippen LogP contribution >= 0.6 is 0 Å². The van der Waals surface area contributed by atoms with E-state index in [2.05, 4.69) is 22.9 Å². The molecule has 0 amide bonds. The summed E-state index contributed by atoms with van der Waals surface area (Å²) >= 11 is 0. The quantitative estimate of drug-likeness (QED) is 0.868. The van der Waals surface area contributed by atoms with Gasteiger partial charge in [-0.1, -0.05) is 6.92 Å². The second kappa shape index (κ2) is 5.26. The SMILES string of the molecule is CC1CCC(N(C)c2nccc(C#N)c2N)CC1. The molecule has 0 unspecified atom stereocenters. The first-order chi connectivity index (χ1) is 8.63. The lowest BCUT2D eigenvalue weighted by molar-refractivity contribution is 0.340. The van der Waals surface area contributed by atoms with Crippen molar-refractivity contribution in [1.82, 2.24) is 4.98 Å². The molecule has 1 heterocycles. The molecule has 1 fully saturated rings. The average molecular weight is 244 g/mol. The number of nitrogens with two attached hydrogens (primary N) is 1. The van der Waals surface area contributed by atoms with Crippen LogP contribution in [0.4, 0.5) is 11.5 Å². The first-order valence-corrected chi connectivity index (χ1v) is 6.51. The van der Waals surface area contributed by atoms with Gasteiger partial charge in [0, 0.05) is 19.3 Å². The Morgan fingerprint density at radius 1 is 1.39 bits per heavy atom. The molecule has 1 saturated carbocycles. The van der Waals surface area contributed by atoms with E-state index in [-0.39, 0.29) is 0 Å². The minimum atomic E-state index is 0.491. The highest BCUT2D eigenvalue weighted by molar-refractivity contribution is 5.70. The second-order valence-corrected chi connectivity index (χ2v) is 5.23. The molecule has 4 heteroatoms. The Morgan fingerprint density at radius 2 is 2.06 bits per heavy atom. The number of hydrogen-bond acceptors (Lipinski definition) is 4. The number of pyridine rings is 1. The Bertz CT molecular complexity index is 455. The Labute approximate surface area is 108 Å². The third-order valence-electron chi connectivity index (χ3n) is 3.96. The number of nitriles is 1. The summed E-state index contributed by atoms with van der Waals surface area (Å²) in [7, 11) is 2.03. The van der Waals surface area contributed by atoms with E-state index >= 15 is 0 Å². The van der Waals surface area contributed by atoms with Crippen molar-refractivity contribution in [2.45, 2.75) is 38.6 Å². The number of aromatic nitrogens is 1. The van der Waals surface area contributed by atoms with Crippen LogP contribution in [0.2, 0.25) is 0 Å². The molecule has 0 aromatic carbocycles. The third kappa shape index (κ3) is 2.40. The normalized spacial score (nSPS) is 23.4. The van der Waals surface area contributed by atoms with Gasteiger partial charge in [0.1, 0.15) is 6.07 Å². The molecule has 2 rings (SSSR count). The highest BCUT2D eigenvalue weighted by atomic mass is 15.2. The van der Waals surface area contributed by atoms with Crippen molar-refractivity contribution in [3.05, 3.63) is 17.8 Å². The second-order valence-electron chi connectivity index (χ2n) is 5.23. The van der Waals surface area contributed by atoms with E-state index in [4.69, 9.17) is 11.0 Å². The van der Waals surface area contributed by atoms with E-state index in [9.17, 15) is 0 Å². The van der Waals surface area contributed by atoms with Gasteiger partial charge in [-0.2, -0.15) is 5.26 Å². The molecule has 2 N–H and O–H groups in total. The van der Waals surface area contributed by atoms with Crippen molar-refractivity contribution >= 4 is 11.5 Å². The van der Waals surface area contributed by atoms with Crippen LogP contribution in [0.25, 0.3) is 0 Å². The zero-order valence-electron chi connectivity index (χ0n) is 11.1. The van der Waals surface area contributed by atoms with Gasteiger partial charge in [0.2, 0.25) is 0 Å². The van der Waals surface area contributed by atoms with Gasteiger partial charge in [-0.15, -0.1) is 0 Å². The van der Waals surface area contributed by atoms with E-state index in [1.807, 2.05) is 7.05 Å². The summed E-state index contributed by atoms with van der Waals surface area (Å²) < 4.78 is 0. The van der Waals surface area contributed by atoms with Crippen LogP contribution < -0.4 is 10.6 Å². The van der Waals surface area contributed by atoms with E-state index in [0.717, 1.165) is 11.7 Å². The maximum atomic E-state index is 8.99. The van der Waals surface area contributed by atoms with Crippen LogP contribution in [0.3, 0.4) is 0 Å². The number of nitrogen functional groups attached to an aromatic ring is 1. The first-order valence-electron chi connectivity index (χ1n) is 6.51. The fourth-order valence-electron chi connectivity index (χ4n) is 2.64. The molecule has 0 bridgehead atoms. The van der Waals surface area contributed by atoms with Crippen molar-refractivity contribution in [3.63, 3.8) is 0 Å². The van der Waals surface area contributed by atoms with Crippen molar-refractivity contribution in [3.8, 4) is 6.07 Å². The minimum Gasteiger partial charge on any atom is -0.395 e. The van der Waals surface area contributed by atoms with Gasteiger partial charge in [0.25, 0.3) is 0 Å². The number of hydrogen-bond donors (Lipinski definition) is 1. The van der Waals surface area contributed by atoms with Gasteiger partial charge in [-0.3, -0.25) is 0 Å². The maximum Gasteiger partial charge on any atom is 0.153 e. The van der Waals surface area contributed by atoms with Gasteiger partial charge >= 0.3 is 0 Å². The van der Waals surface area contributed by atoms with Gasteiger partial charge in [-0.05, 0) is 37.7 Å². The molecule has 1 aromatic heterocycles. The summed E-state index contributed by atoms with van der Waals surface area (Å²) in [6.07, 6.45) is 6.52. The Kier molecular flexibility index (Phi) is 3.71. The monoisotopic (exact) mass is 244 g/mol. The zero-order valence-corrected chi connectivity index (χ0v) is 11.1. The van der Waals surface area contributed by atoms with Crippen LogP contribution in [0, 0.1) is 17.2 Å². The molecule has 0 radical (unpaired) electrons. The lowest BCUT2D eigenvalue weighted by Gasteiger charge is -2.34. The van der Waals surface area contributed by atoms with Crippen LogP contribution in [0.1, 0.15) is 38.2 Å². The fourth-order valence-corrected chi connectivity index (χ4v) is 2.64. The van der Waals surface area contributed by atoms with Crippen LogP contribution in [-0.4, -0.2) is 18.1 Å². The molecule has 1 aliphatic rings. The zero-order chi connectivity index (χ0) is 13.1. The molecule has 0 spiro atoms. The number of nitrogens with zero attached hydrogens (tertiary/aromatic N) is 3. The molecule has 0 atom stereocenters. The standard InChI is InChI=1S/C14H20N4/c1-10-3-5-12(6-4-10)18(2)14-13(16)11(9-15)7-8-17-14/h7-8,10,12H,3-6,16H2,1-2H3. The predicted octanol–water partition coefficient (Wildman–Crippen LogP) is 2.55. The van der Waals surface area contributed by atoms with Crippen molar-refractivity contribution < 1.29 is 0 Å². The molecule has 18 heavy (non-hydrogen) atoms. The Hall–Kier alpha value is -1.76. The summed E-state index contributed by atoms with van der Waals surface area (Å²) in [5, 5.41) is 8.99. The van der Waals surface area contributed by atoms with E-state index < -0.39 is 0 Å². The molecule has 1 aliphatic carbocycles. The van der Waals surface area contributed by atoms with Crippen LogP contribution in [-0.2, 0) is 0 Å². The molecule has 0 saturated heterocycles. The van der Waals surface area contributed by atoms with Gasteiger partial charge < -0.3 is 10.6 Å². The summed E-state index contributed by atoms with van der Waals surface area (Å²) in [6, 6.07) is 4.26. The number of rotatable bonds is 2. The molecule has 1 aromatic rings. The molecule has 4 nitrogen and oxygen atoms in total. The van der Waals surface area contributed by atoms with Gasteiger partial charge in [0.15, 0.2) is 5.82 Å². The highest BCUT2D eigenvalue weighted by Crippen LogP contribution is 2.31. The highest BCUT2D eigenvalue weighted by Gasteiger charge is 2.24. The smallest absolute Gasteiger partial charge is 0.153 e. The fraction of sp³-hybridized carbons (Fsp3) is 0.571. The first kappa shape index (κ1) is 12.7. The average Bonchev–Trinajstić information content (AvgIpc) is 2.39. The predicted molar refractivity (Wildman–Crippen MR) is 73.2 cm³/mol. The maximum absolute atomic E-state index is 8.99. The Balaban J connectivity index is 2.19. The van der Waals surface area contributed by atoms with E-state index in [1.165, 1.54) is 25.7 Å². The van der Waals surface area contributed by atoms with E-state index in [1.54, 1.807) is 12.3 Å². The molecular formula is C14H20N4. The minimum absolute atomic E-state index is 0.491. The molecule has 96 valence electrons. The molecule has 0 aliphatic heterocycles. The Morgan fingerprint density at radius 3 is 2.67 bits per heavy atom. The van der Waals surface area contributed by atoms with Crippen molar-refractivity contribution in [1.29, 1.82) is 5.26 Å². The summed E-state index contributed by atoms with van der Waals surface area (Å²) in [5.74, 6) is 1.57. The summed E-state index contributed by atoms with van der Waals surface area (Å²) in [6.45, 7) is 2.30. The van der Waals surface area contributed by atoms with Gasteiger partial charge in [0.05, 0.1) is 11.3 Å².